The van der Waals surface area contributed by atoms with Gasteiger partial charge in [0.15, 0.2) is 5.11 Å². The molecule has 3 atom stereocenters. The van der Waals surface area contributed by atoms with Crippen LogP contribution in [0, 0.1) is 11.8 Å². The minimum Gasteiger partial charge on any atom is -0.497 e. The Hall–Kier alpha value is -2.08. The Balaban J connectivity index is 1.75. The summed E-state index contributed by atoms with van der Waals surface area (Å²) in [7, 11) is 1.62. The van der Waals surface area contributed by atoms with Crippen LogP contribution in [0.3, 0.4) is 0 Å². The molecule has 0 unspecified atom stereocenters. The zero-order valence-electron chi connectivity index (χ0n) is 15.0. The van der Waals surface area contributed by atoms with Crippen molar-refractivity contribution in [1.29, 1.82) is 0 Å². The fraction of sp³-hybridized carbons (Fsp3) is 0.474. The van der Waals surface area contributed by atoms with Gasteiger partial charge in [-0.15, -0.1) is 0 Å². The van der Waals surface area contributed by atoms with Crippen LogP contribution in [0.4, 0.5) is 0 Å². The number of carbonyl (C=O) groups is 1. The van der Waals surface area contributed by atoms with Gasteiger partial charge in [0.2, 0.25) is 0 Å². The lowest BCUT2D eigenvalue weighted by Gasteiger charge is -2.35. The first-order valence-corrected chi connectivity index (χ1v) is 9.09. The summed E-state index contributed by atoms with van der Waals surface area (Å²) in [5.74, 6) is 1.78. The molecule has 1 aliphatic rings. The Bertz CT molecular complexity index is 616. The predicted octanol–water partition coefficient (Wildman–Crippen LogP) is 3.03. The maximum atomic E-state index is 11.9. The Morgan fingerprint density at radius 1 is 1.20 bits per heavy atom. The molecule has 25 heavy (non-hydrogen) atoms. The molecule has 0 saturated heterocycles. The number of hydrogen-bond acceptors (Lipinski definition) is 3. The number of methoxy groups -OCH3 is 1. The molecule has 0 heterocycles. The lowest BCUT2D eigenvalue weighted by Crippen LogP contribution is -2.52. The fourth-order valence-corrected chi connectivity index (χ4v) is 3.24. The molecule has 0 bridgehead atoms. The van der Waals surface area contributed by atoms with Crippen molar-refractivity contribution in [3.63, 3.8) is 0 Å². The van der Waals surface area contributed by atoms with Crippen LogP contribution in [-0.4, -0.2) is 24.2 Å². The van der Waals surface area contributed by atoms with Crippen LogP contribution in [0.15, 0.2) is 30.3 Å². The highest BCUT2D eigenvalue weighted by Gasteiger charge is 2.27. The number of ether oxygens (including phenoxy) is 1. The smallest absolute Gasteiger partial charge is 0.262 e. The van der Waals surface area contributed by atoms with Gasteiger partial charge in [-0.25, -0.2) is 0 Å². The van der Waals surface area contributed by atoms with Crippen LogP contribution in [0.25, 0.3) is 6.08 Å². The van der Waals surface area contributed by atoms with E-state index >= 15 is 0 Å². The summed E-state index contributed by atoms with van der Waals surface area (Å²) in [5, 5.41) is 3.76. The zero-order chi connectivity index (χ0) is 18.2. The molecule has 0 aliphatic heterocycles. The highest BCUT2D eigenvalue weighted by Crippen LogP contribution is 2.29. The van der Waals surface area contributed by atoms with Crippen molar-refractivity contribution in [2.24, 2.45) is 11.8 Å². The van der Waals surface area contributed by atoms with Gasteiger partial charge in [0.1, 0.15) is 5.75 Å². The molecule has 0 aromatic heterocycles. The monoisotopic (exact) mass is 361 g/mol. The lowest BCUT2D eigenvalue weighted by atomic mass is 9.78. The summed E-state index contributed by atoms with van der Waals surface area (Å²) in [4.78, 5) is 11.9. The standard InChI is InChI=1S/C19H27N3O2S/c1-13-5-4-6-17(14(13)2)20-19(25)22-21-18(23)12-9-15-7-10-16(24-3)11-8-15/h7-14,17H,4-6H2,1-3H3,(H,21,23)(H2,20,22,25)/b12-9+/t13-,14-,17-/m1/s1. The minimum atomic E-state index is -0.259. The second-order valence-corrected chi connectivity index (χ2v) is 6.98. The molecule has 2 rings (SSSR count). The lowest BCUT2D eigenvalue weighted by molar-refractivity contribution is -0.116. The Morgan fingerprint density at radius 2 is 1.92 bits per heavy atom. The van der Waals surface area contributed by atoms with E-state index in [1.165, 1.54) is 18.9 Å². The predicted molar refractivity (Wildman–Crippen MR) is 105 cm³/mol. The number of hydrogen-bond donors (Lipinski definition) is 3. The number of hydrazine groups is 1. The van der Waals surface area contributed by atoms with Crippen molar-refractivity contribution >= 4 is 29.3 Å². The van der Waals surface area contributed by atoms with Gasteiger partial charge >= 0.3 is 0 Å². The first-order valence-electron chi connectivity index (χ1n) is 8.68. The third-order valence-electron chi connectivity index (χ3n) is 4.87. The molecular weight excluding hydrogens is 334 g/mol. The number of rotatable bonds is 4. The number of amides is 1. The molecule has 6 heteroatoms. The van der Waals surface area contributed by atoms with Gasteiger partial charge in [0.05, 0.1) is 7.11 Å². The van der Waals surface area contributed by atoms with Crippen LogP contribution in [0.5, 0.6) is 5.75 Å². The summed E-state index contributed by atoms with van der Waals surface area (Å²) >= 11 is 5.28. The Kier molecular flexibility index (Phi) is 7.25. The SMILES string of the molecule is COc1ccc(/C=C/C(=O)NNC(=S)N[C@@H]2CCC[C@@H](C)[C@H]2C)cc1. The molecule has 1 amide bonds. The van der Waals surface area contributed by atoms with Crippen LogP contribution >= 0.6 is 12.2 Å². The first kappa shape index (κ1) is 19.2. The zero-order valence-corrected chi connectivity index (χ0v) is 15.9. The van der Waals surface area contributed by atoms with Gasteiger partial charge in [0.25, 0.3) is 5.91 Å². The molecule has 3 N–H and O–H groups in total. The van der Waals surface area contributed by atoms with Gasteiger partial charge in [0, 0.05) is 12.1 Å². The average molecular weight is 362 g/mol. The van der Waals surface area contributed by atoms with Crippen LogP contribution in [0.1, 0.15) is 38.7 Å². The first-order chi connectivity index (χ1) is 12.0. The maximum absolute atomic E-state index is 11.9. The number of thiocarbonyl (C=S) groups is 1. The summed E-state index contributed by atoms with van der Waals surface area (Å²) in [6, 6.07) is 7.82. The van der Waals surface area contributed by atoms with Crippen molar-refractivity contribution in [3.05, 3.63) is 35.9 Å². The molecular formula is C19H27N3O2S. The topological polar surface area (TPSA) is 62.4 Å². The molecule has 1 aromatic carbocycles. The van der Waals surface area contributed by atoms with E-state index in [1.54, 1.807) is 13.2 Å². The molecule has 136 valence electrons. The van der Waals surface area contributed by atoms with Gasteiger partial charge < -0.3 is 10.1 Å². The van der Waals surface area contributed by atoms with Gasteiger partial charge in [-0.05, 0) is 54.2 Å². The number of benzene rings is 1. The van der Waals surface area contributed by atoms with E-state index in [-0.39, 0.29) is 5.91 Å². The Labute approximate surface area is 155 Å². The summed E-state index contributed by atoms with van der Waals surface area (Å²) < 4.78 is 5.10. The van der Waals surface area contributed by atoms with E-state index in [2.05, 4.69) is 30.0 Å². The molecule has 0 spiro atoms. The highest BCUT2D eigenvalue weighted by atomic mass is 32.1. The maximum Gasteiger partial charge on any atom is 0.262 e. The molecule has 1 aromatic rings. The van der Waals surface area contributed by atoms with E-state index in [1.807, 2.05) is 24.3 Å². The Morgan fingerprint density at radius 3 is 2.60 bits per heavy atom. The quantitative estimate of drug-likeness (QED) is 0.437. The van der Waals surface area contributed by atoms with Gasteiger partial charge in [-0.2, -0.15) is 0 Å². The highest BCUT2D eigenvalue weighted by molar-refractivity contribution is 7.80. The normalized spacial score (nSPS) is 23.1. The fourth-order valence-electron chi connectivity index (χ4n) is 3.04. The van der Waals surface area contributed by atoms with Crippen molar-refractivity contribution in [1.82, 2.24) is 16.2 Å². The summed E-state index contributed by atoms with van der Waals surface area (Å²) in [5.41, 5.74) is 6.27. The average Bonchev–Trinajstić information content (AvgIpc) is 2.62. The van der Waals surface area contributed by atoms with Crippen molar-refractivity contribution in [3.8, 4) is 5.75 Å². The van der Waals surface area contributed by atoms with Crippen molar-refractivity contribution in [2.45, 2.75) is 39.2 Å². The minimum absolute atomic E-state index is 0.259. The largest absolute Gasteiger partial charge is 0.497 e. The molecule has 0 radical (unpaired) electrons. The van der Waals surface area contributed by atoms with Crippen molar-refractivity contribution < 1.29 is 9.53 Å². The summed E-state index contributed by atoms with van der Waals surface area (Å²) in [6.45, 7) is 4.53. The molecule has 1 saturated carbocycles. The van der Waals surface area contributed by atoms with Gasteiger partial charge in [-0.3, -0.25) is 15.6 Å². The second-order valence-electron chi connectivity index (χ2n) is 6.57. The van der Waals surface area contributed by atoms with E-state index in [0.717, 1.165) is 17.7 Å². The van der Waals surface area contributed by atoms with E-state index in [0.29, 0.717) is 23.0 Å². The third kappa shape index (κ3) is 6.05. The van der Waals surface area contributed by atoms with Crippen LogP contribution in [0.2, 0.25) is 0 Å². The second kappa shape index (κ2) is 9.42. The number of carbonyl (C=O) groups excluding carboxylic acids is 1. The van der Waals surface area contributed by atoms with E-state index in [9.17, 15) is 4.79 Å². The van der Waals surface area contributed by atoms with Crippen LogP contribution < -0.4 is 20.9 Å². The number of nitrogens with one attached hydrogen (secondary N) is 3. The third-order valence-corrected chi connectivity index (χ3v) is 5.09. The summed E-state index contributed by atoms with van der Waals surface area (Å²) in [6.07, 6.45) is 6.79. The van der Waals surface area contributed by atoms with E-state index in [4.69, 9.17) is 17.0 Å². The van der Waals surface area contributed by atoms with Gasteiger partial charge in [-0.1, -0.05) is 38.8 Å². The molecule has 1 fully saturated rings. The van der Waals surface area contributed by atoms with E-state index < -0.39 is 0 Å². The van der Waals surface area contributed by atoms with Crippen LogP contribution in [-0.2, 0) is 4.79 Å². The molecule has 5 nitrogen and oxygen atoms in total. The van der Waals surface area contributed by atoms with Crippen molar-refractivity contribution in [2.75, 3.05) is 7.11 Å². The molecule has 1 aliphatic carbocycles.